The molecule has 0 aliphatic rings. The Bertz CT molecular complexity index is 733. The molecule has 2 heterocycles. The van der Waals surface area contributed by atoms with Gasteiger partial charge in [-0.2, -0.15) is 0 Å². The molecule has 0 bridgehead atoms. The maximum atomic E-state index is 5.87. The highest BCUT2D eigenvalue weighted by Gasteiger charge is 2.09. The van der Waals surface area contributed by atoms with Crippen LogP contribution in [0.1, 0.15) is 19.6 Å². The molecule has 0 atom stereocenters. The second-order valence-electron chi connectivity index (χ2n) is 5.17. The lowest BCUT2D eigenvalue weighted by atomic mass is 10.3. The predicted molar refractivity (Wildman–Crippen MR) is 88.5 cm³/mol. The first kappa shape index (κ1) is 14.0. The van der Waals surface area contributed by atoms with Crippen molar-refractivity contribution in [2.45, 2.75) is 20.4 Å². The Morgan fingerprint density at radius 3 is 2.90 bits per heavy atom. The van der Waals surface area contributed by atoms with E-state index in [9.17, 15) is 0 Å². The monoisotopic (exact) mass is 298 g/mol. The van der Waals surface area contributed by atoms with Crippen molar-refractivity contribution in [3.05, 3.63) is 53.8 Å². The number of hydrogen-bond acceptors (Lipinski definition) is 4. The summed E-state index contributed by atoms with van der Waals surface area (Å²) in [4.78, 5) is 4.61. The quantitative estimate of drug-likeness (QED) is 0.552. The number of nitrogens with one attached hydrogen (secondary N) is 1. The molecular formula is C17H18N2OS. The largest absolute Gasteiger partial charge is 0.457 e. The van der Waals surface area contributed by atoms with Crippen molar-refractivity contribution in [1.82, 2.24) is 10.3 Å². The molecule has 0 saturated heterocycles. The Morgan fingerprint density at radius 1 is 1.24 bits per heavy atom. The van der Waals surface area contributed by atoms with E-state index in [0.29, 0.717) is 0 Å². The molecule has 3 nitrogen and oxygen atoms in total. The molecule has 0 saturated carbocycles. The number of rotatable bonds is 5. The topological polar surface area (TPSA) is 38.1 Å². The van der Waals surface area contributed by atoms with Gasteiger partial charge < -0.3 is 9.73 Å². The fourth-order valence-corrected chi connectivity index (χ4v) is 2.96. The van der Waals surface area contributed by atoms with Crippen molar-refractivity contribution in [2.75, 3.05) is 6.54 Å². The van der Waals surface area contributed by atoms with E-state index in [1.165, 1.54) is 10.3 Å². The number of fused-ring (bicyclic) bond motifs is 1. The van der Waals surface area contributed by atoms with Crippen molar-refractivity contribution >= 4 is 21.6 Å². The van der Waals surface area contributed by atoms with Crippen molar-refractivity contribution < 1.29 is 4.42 Å². The van der Waals surface area contributed by atoms with E-state index >= 15 is 0 Å². The highest BCUT2D eigenvalue weighted by Crippen LogP contribution is 2.30. The van der Waals surface area contributed by atoms with Crippen LogP contribution in [0.15, 0.2) is 52.5 Å². The summed E-state index contributed by atoms with van der Waals surface area (Å²) in [5, 5.41) is 4.27. The van der Waals surface area contributed by atoms with E-state index in [1.807, 2.05) is 30.3 Å². The minimum atomic E-state index is 0.731. The molecule has 1 N–H and O–H groups in total. The van der Waals surface area contributed by atoms with Gasteiger partial charge in [0.2, 0.25) is 0 Å². The second-order valence-corrected chi connectivity index (χ2v) is 6.20. The normalized spacial score (nSPS) is 11.0. The van der Waals surface area contributed by atoms with Crippen LogP contribution in [0.4, 0.5) is 0 Å². The Hall–Kier alpha value is -1.91. The van der Waals surface area contributed by atoms with Crippen LogP contribution in [0.25, 0.3) is 21.0 Å². The van der Waals surface area contributed by atoms with Crippen LogP contribution >= 0.6 is 11.3 Å². The first-order valence-electron chi connectivity index (χ1n) is 7.01. The average molecular weight is 298 g/mol. The van der Waals surface area contributed by atoms with Gasteiger partial charge in [-0.1, -0.05) is 23.8 Å². The fraction of sp³-hybridized carbons (Fsp3) is 0.235. The molecule has 1 aromatic carbocycles. The SMILES string of the molecule is CC(C)=CCNCc1ccc(-c2nc3ccccc3s2)o1. The minimum Gasteiger partial charge on any atom is -0.457 e. The third-order valence-electron chi connectivity index (χ3n) is 3.12. The number of thiazole rings is 1. The highest BCUT2D eigenvalue weighted by atomic mass is 32.1. The maximum Gasteiger partial charge on any atom is 0.163 e. The molecule has 0 radical (unpaired) electrons. The summed E-state index contributed by atoms with van der Waals surface area (Å²) in [7, 11) is 0. The van der Waals surface area contributed by atoms with Crippen molar-refractivity contribution in [3.63, 3.8) is 0 Å². The van der Waals surface area contributed by atoms with E-state index in [1.54, 1.807) is 11.3 Å². The van der Waals surface area contributed by atoms with E-state index in [-0.39, 0.29) is 0 Å². The van der Waals surface area contributed by atoms with Crippen LogP contribution in [-0.4, -0.2) is 11.5 Å². The first-order valence-corrected chi connectivity index (χ1v) is 7.83. The molecule has 0 aliphatic heterocycles. The zero-order valence-electron chi connectivity index (χ0n) is 12.2. The van der Waals surface area contributed by atoms with E-state index < -0.39 is 0 Å². The van der Waals surface area contributed by atoms with Gasteiger partial charge in [-0.15, -0.1) is 11.3 Å². The van der Waals surface area contributed by atoms with E-state index in [0.717, 1.165) is 35.1 Å². The molecule has 4 heteroatoms. The molecule has 0 spiro atoms. The number of nitrogens with zero attached hydrogens (tertiary/aromatic N) is 1. The summed E-state index contributed by atoms with van der Waals surface area (Å²) in [5.74, 6) is 1.78. The van der Waals surface area contributed by atoms with Gasteiger partial charge in [0.25, 0.3) is 0 Å². The smallest absolute Gasteiger partial charge is 0.163 e. The molecule has 21 heavy (non-hydrogen) atoms. The van der Waals surface area contributed by atoms with Crippen molar-refractivity contribution in [3.8, 4) is 10.8 Å². The Morgan fingerprint density at radius 2 is 2.10 bits per heavy atom. The van der Waals surface area contributed by atoms with Crippen LogP contribution in [-0.2, 0) is 6.54 Å². The van der Waals surface area contributed by atoms with E-state index in [2.05, 4.69) is 36.3 Å². The molecule has 0 aliphatic carbocycles. The van der Waals surface area contributed by atoms with Crippen LogP contribution in [0.2, 0.25) is 0 Å². The van der Waals surface area contributed by atoms with Gasteiger partial charge in [0.15, 0.2) is 10.8 Å². The lowest BCUT2D eigenvalue weighted by Gasteiger charge is -1.98. The lowest BCUT2D eigenvalue weighted by Crippen LogP contribution is -2.12. The number of para-hydroxylation sites is 1. The third-order valence-corrected chi connectivity index (χ3v) is 4.17. The molecule has 2 aromatic heterocycles. The Labute approximate surface area is 128 Å². The van der Waals surface area contributed by atoms with Crippen LogP contribution in [0.3, 0.4) is 0 Å². The van der Waals surface area contributed by atoms with Gasteiger partial charge in [0.1, 0.15) is 5.76 Å². The Kier molecular flexibility index (Phi) is 4.18. The number of hydrogen-bond donors (Lipinski definition) is 1. The molecular weight excluding hydrogens is 280 g/mol. The zero-order chi connectivity index (χ0) is 14.7. The first-order chi connectivity index (χ1) is 10.2. The van der Waals surface area contributed by atoms with Gasteiger partial charge in [-0.3, -0.25) is 0 Å². The van der Waals surface area contributed by atoms with Crippen molar-refractivity contribution in [2.24, 2.45) is 0 Å². The summed E-state index contributed by atoms with van der Waals surface area (Å²) in [6.45, 7) is 5.79. The van der Waals surface area contributed by atoms with Gasteiger partial charge in [-0.05, 0) is 38.1 Å². The number of furan rings is 1. The minimum absolute atomic E-state index is 0.731. The van der Waals surface area contributed by atoms with Gasteiger partial charge in [-0.25, -0.2) is 4.98 Å². The Balaban J connectivity index is 1.71. The van der Waals surface area contributed by atoms with Crippen LogP contribution < -0.4 is 5.32 Å². The summed E-state index contributed by atoms with van der Waals surface area (Å²) >= 11 is 1.66. The standard InChI is InChI=1S/C17H18N2OS/c1-12(2)9-10-18-11-13-7-8-15(20-13)17-19-14-5-3-4-6-16(14)21-17/h3-9,18H,10-11H2,1-2H3. The fourth-order valence-electron chi connectivity index (χ4n) is 2.04. The van der Waals surface area contributed by atoms with Crippen molar-refractivity contribution in [1.29, 1.82) is 0 Å². The number of benzene rings is 1. The lowest BCUT2D eigenvalue weighted by molar-refractivity contribution is 0.501. The average Bonchev–Trinajstić information content (AvgIpc) is 3.09. The van der Waals surface area contributed by atoms with Crippen LogP contribution in [0.5, 0.6) is 0 Å². The summed E-state index contributed by atoms with van der Waals surface area (Å²) in [5.41, 5.74) is 2.34. The zero-order valence-corrected chi connectivity index (χ0v) is 13.0. The van der Waals surface area contributed by atoms with Gasteiger partial charge in [0, 0.05) is 6.54 Å². The summed E-state index contributed by atoms with van der Waals surface area (Å²) in [6.07, 6.45) is 2.16. The third kappa shape index (κ3) is 3.40. The molecule has 0 unspecified atom stereocenters. The maximum absolute atomic E-state index is 5.87. The predicted octanol–water partition coefficient (Wildman–Crippen LogP) is 4.61. The number of aromatic nitrogens is 1. The molecule has 3 aromatic rings. The van der Waals surface area contributed by atoms with Crippen LogP contribution in [0, 0.1) is 0 Å². The summed E-state index contributed by atoms with van der Waals surface area (Å²) < 4.78 is 7.06. The molecule has 3 rings (SSSR count). The molecule has 0 amide bonds. The molecule has 0 fully saturated rings. The van der Waals surface area contributed by atoms with Gasteiger partial charge >= 0.3 is 0 Å². The summed E-state index contributed by atoms with van der Waals surface area (Å²) in [6, 6.07) is 12.2. The van der Waals surface area contributed by atoms with Gasteiger partial charge in [0.05, 0.1) is 16.8 Å². The number of allylic oxidation sites excluding steroid dienone is 1. The second kappa shape index (κ2) is 6.24. The van der Waals surface area contributed by atoms with E-state index in [4.69, 9.17) is 4.42 Å². The highest BCUT2D eigenvalue weighted by molar-refractivity contribution is 7.21. The molecule has 108 valence electrons.